The molecule has 0 saturated heterocycles. The number of hydrogen-bond donors (Lipinski definition) is 1. The molecule has 0 saturated carbocycles. The number of benzene rings is 2. The molecule has 0 radical (unpaired) electrons. The predicted octanol–water partition coefficient (Wildman–Crippen LogP) is 3.78. The van der Waals surface area contributed by atoms with Gasteiger partial charge in [-0.15, -0.1) is 6.42 Å². The zero-order chi connectivity index (χ0) is 21.1. The number of halogens is 1. The predicted molar refractivity (Wildman–Crippen MR) is 117 cm³/mol. The van der Waals surface area contributed by atoms with Crippen molar-refractivity contribution in [3.63, 3.8) is 0 Å². The molecule has 2 aromatic carbocycles. The fraction of sp³-hybridized carbons (Fsp3) is 0.348. The van der Waals surface area contributed by atoms with Crippen molar-refractivity contribution in [3.05, 3.63) is 58.1 Å². The minimum Gasteiger partial charge on any atom is -0.493 e. The van der Waals surface area contributed by atoms with Gasteiger partial charge in [0.2, 0.25) is 5.91 Å². The highest BCUT2D eigenvalue weighted by Gasteiger charge is 2.19. The summed E-state index contributed by atoms with van der Waals surface area (Å²) in [7, 11) is 1.58. The van der Waals surface area contributed by atoms with Gasteiger partial charge in [0.25, 0.3) is 0 Å². The quantitative estimate of drug-likeness (QED) is 0.519. The van der Waals surface area contributed by atoms with Crippen molar-refractivity contribution in [2.75, 3.05) is 26.9 Å². The monoisotopic (exact) mass is 459 g/mol. The number of carbonyl (C=O) groups excluding carboxylic acids is 1. The Balaban J connectivity index is 1.90. The van der Waals surface area contributed by atoms with Crippen LogP contribution in [0.2, 0.25) is 0 Å². The Morgan fingerprint density at radius 2 is 1.90 bits per heavy atom. The molecule has 0 fully saturated rings. The standard InChI is InChI=1S/C23H26BrNO4/c1-4-14-29-20-11-8-18(15-21(20)27-3)12-13-25-23(26)22(28-5-2)16-17-6-9-19(24)10-7-17/h1,6-11,15,22H,5,12-14,16H2,2-3H3,(H,25,26). The zero-order valence-electron chi connectivity index (χ0n) is 16.7. The summed E-state index contributed by atoms with van der Waals surface area (Å²) in [6.07, 6.45) is 5.90. The van der Waals surface area contributed by atoms with Gasteiger partial charge >= 0.3 is 0 Å². The maximum Gasteiger partial charge on any atom is 0.249 e. The lowest BCUT2D eigenvalue weighted by molar-refractivity contribution is -0.132. The van der Waals surface area contributed by atoms with Gasteiger partial charge in [-0.1, -0.05) is 40.0 Å². The first-order chi connectivity index (χ1) is 14.1. The number of hydrogen-bond acceptors (Lipinski definition) is 4. The number of ether oxygens (including phenoxy) is 3. The van der Waals surface area contributed by atoms with Crippen LogP contribution in [0.15, 0.2) is 46.9 Å². The average molecular weight is 460 g/mol. The summed E-state index contributed by atoms with van der Waals surface area (Å²) < 4.78 is 17.5. The summed E-state index contributed by atoms with van der Waals surface area (Å²) in [5.74, 6) is 3.53. The lowest BCUT2D eigenvalue weighted by atomic mass is 10.1. The first kappa shape index (κ1) is 22.8. The number of rotatable bonds is 11. The summed E-state index contributed by atoms with van der Waals surface area (Å²) in [4.78, 5) is 12.6. The van der Waals surface area contributed by atoms with Crippen LogP contribution < -0.4 is 14.8 Å². The Kier molecular flexibility index (Phi) is 9.55. The van der Waals surface area contributed by atoms with Gasteiger partial charge in [-0.25, -0.2) is 0 Å². The van der Waals surface area contributed by atoms with Crippen molar-refractivity contribution >= 4 is 21.8 Å². The van der Waals surface area contributed by atoms with Gasteiger partial charge in [-0.2, -0.15) is 0 Å². The molecule has 6 heteroatoms. The van der Waals surface area contributed by atoms with Crippen LogP contribution in [0, 0.1) is 12.3 Å². The second kappa shape index (κ2) is 12.2. The van der Waals surface area contributed by atoms with E-state index >= 15 is 0 Å². The minimum absolute atomic E-state index is 0.115. The topological polar surface area (TPSA) is 56.8 Å². The van der Waals surface area contributed by atoms with E-state index in [0.717, 1.165) is 15.6 Å². The first-order valence-corrected chi connectivity index (χ1v) is 10.2. The Morgan fingerprint density at radius 1 is 1.17 bits per heavy atom. The normalized spacial score (nSPS) is 11.4. The number of carbonyl (C=O) groups is 1. The summed E-state index contributed by atoms with van der Waals surface area (Å²) in [6, 6.07) is 13.5. The third-order valence-electron chi connectivity index (χ3n) is 4.25. The van der Waals surface area contributed by atoms with Gasteiger partial charge in [0, 0.05) is 24.0 Å². The Hall–Kier alpha value is -2.49. The molecule has 0 aliphatic heterocycles. The molecule has 0 aliphatic rings. The van der Waals surface area contributed by atoms with E-state index in [1.807, 2.05) is 49.4 Å². The van der Waals surface area contributed by atoms with Crippen LogP contribution in [0.5, 0.6) is 11.5 Å². The summed E-state index contributed by atoms with van der Waals surface area (Å²) in [5.41, 5.74) is 2.07. The average Bonchev–Trinajstić information content (AvgIpc) is 2.73. The largest absolute Gasteiger partial charge is 0.493 e. The van der Waals surface area contributed by atoms with Crippen molar-refractivity contribution in [1.82, 2.24) is 5.32 Å². The molecule has 2 rings (SSSR count). The maximum absolute atomic E-state index is 12.6. The molecular formula is C23H26BrNO4. The summed E-state index contributed by atoms with van der Waals surface area (Å²) in [6.45, 7) is 3.04. The van der Waals surface area contributed by atoms with Crippen molar-refractivity contribution in [2.45, 2.75) is 25.9 Å². The molecule has 5 nitrogen and oxygen atoms in total. The molecule has 0 spiro atoms. The molecule has 1 amide bonds. The van der Waals surface area contributed by atoms with E-state index in [9.17, 15) is 4.79 Å². The second-order valence-electron chi connectivity index (χ2n) is 6.29. The highest BCUT2D eigenvalue weighted by atomic mass is 79.9. The van der Waals surface area contributed by atoms with Crippen molar-refractivity contribution < 1.29 is 19.0 Å². The van der Waals surface area contributed by atoms with Crippen LogP contribution in [-0.2, 0) is 22.4 Å². The molecule has 1 unspecified atom stereocenters. The van der Waals surface area contributed by atoms with E-state index in [1.165, 1.54) is 0 Å². The van der Waals surface area contributed by atoms with E-state index in [4.69, 9.17) is 20.6 Å². The minimum atomic E-state index is -0.518. The summed E-state index contributed by atoms with van der Waals surface area (Å²) in [5, 5.41) is 2.96. The molecule has 0 bridgehead atoms. The smallest absolute Gasteiger partial charge is 0.249 e. The van der Waals surface area contributed by atoms with Crippen LogP contribution >= 0.6 is 15.9 Å². The lowest BCUT2D eigenvalue weighted by Crippen LogP contribution is -2.38. The SMILES string of the molecule is C#CCOc1ccc(CCNC(=O)C(Cc2ccc(Br)cc2)OCC)cc1OC. The van der Waals surface area contributed by atoms with Crippen LogP contribution in [0.25, 0.3) is 0 Å². The third kappa shape index (κ3) is 7.45. The van der Waals surface area contributed by atoms with Crippen molar-refractivity contribution in [2.24, 2.45) is 0 Å². The molecule has 0 aliphatic carbocycles. The van der Waals surface area contributed by atoms with Crippen LogP contribution in [0.1, 0.15) is 18.1 Å². The fourth-order valence-electron chi connectivity index (χ4n) is 2.81. The van der Waals surface area contributed by atoms with E-state index < -0.39 is 6.10 Å². The van der Waals surface area contributed by atoms with Gasteiger partial charge in [0.15, 0.2) is 11.5 Å². The molecule has 1 atom stereocenters. The molecular weight excluding hydrogens is 434 g/mol. The molecule has 0 aromatic heterocycles. The molecule has 29 heavy (non-hydrogen) atoms. The van der Waals surface area contributed by atoms with Crippen LogP contribution in [0.4, 0.5) is 0 Å². The van der Waals surface area contributed by atoms with E-state index in [2.05, 4.69) is 27.2 Å². The van der Waals surface area contributed by atoms with E-state index in [-0.39, 0.29) is 12.5 Å². The Morgan fingerprint density at radius 3 is 2.55 bits per heavy atom. The van der Waals surface area contributed by atoms with Gasteiger partial charge in [0.1, 0.15) is 12.7 Å². The van der Waals surface area contributed by atoms with Gasteiger partial charge in [-0.3, -0.25) is 4.79 Å². The maximum atomic E-state index is 12.6. The molecule has 0 heterocycles. The van der Waals surface area contributed by atoms with Crippen LogP contribution in [0.3, 0.4) is 0 Å². The molecule has 1 N–H and O–H groups in total. The van der Waals surface area contributed by atoms with E-state index in [1.54, 1.807) is 7.11 Å². The Labute approximate surface area is 180 Å². The van der Waals surface area contributed by atoms with Crippen molar-refractivity contribution in [1.29, 1.82) is 0 Å². The first-order valence-electron chi connectivity index (χ1n) is 9.44. The molecule has 154 valence electrons. The Bertz CT molecular complexity index is 830. The number of nitrogens with one attached hydrogen (secondary N) is 1. The number of methoxy groups -OCH3 is 1. The lowest BCUT2D eigenvalue weighted by Gasteiger charge is -2.17. The van der Waals surface area contributed by atoms with Crippen LogP contribution in [-0.4, -0.2) is 38.9 Å². The number of amides is 1. The summed E-state index contributed by atoms with van der Waals surface area (Å²) >= 11 is 3.42. The highest BCUT2D eigenvalue weighted by Crippen LogP contribution is 2.28. The van der Waals surface area contributed by atoms with Gasteiger partial charge in [0.05, 0.1) is 7.11 Å². The zero-order valence-corrected chi connectivity index (χ0v) is 18.3. The second-order valence-corrected chi connectivity index (χ2v) is 7.21. The number of terminal acetylenes is 1. The van der Waals surface area contributed by atoms with Gasteiger partial charge < -0.3 is 19.5 Å². The third-order valence-corrected chi connectivity index (χ3v) is 4.78. The fourth-order valence-corrected chi connectivity index (χ4v) is 3.08. The molecule has 2 aromatic rings. The van der Waals surface area contributed by atoms with Gasteiger partial charge in [-0.05, 0) is 48.7 Å². The highest BCUT2D eigenvalue weighted by molar-refractivity contribution is 9.10. The van der Waals surface area contributed by atoms with Crippen molar-refractivity contribution in [3.8, 4) is 23.8 Å². The van der Waals surface area contributed by atoms with E-state index in [0.29, 0.717) is 37.5 Å².